The van der Waals surface area contributed by atoms with E-state index in [2.05, 4.69) is 47.5 Å². The molecule has 80 heavy (non-hydrogen) atoms. The Labute approximate surface area is 466 Å². The fraction of sp³-hybridized carbons (Fsp3) is 0.509. The standard InChI is InChI=1S/C57H80N10O13/c1-35(68)48-53(76)65-45(32-36-17-9-8-10-18-36)54(77)67(5)46(26-27-47(70)71)52(75)64-43(31-37-22-24-39(69)25-23-37)50(73)63-44(33-38-34-61-41-20-12-11-19-40(38)41)51(74)62-42(49(72)66-48)21-13-16-29-59-55(78)58-28-14-6-7-15-30-60-56(79)80-57(2,3)4/h8-12,17-20,22-25,34-35,42-46,48,53,61,65,68-69,76H,6-7,13-16,21,26-33H2,1-5H3,(H,60,79)(H,62,74)(H,63,73)(H,64,75)(H,66,72)(H,70,71)(H2,58,59,78)/t35-,42+,43+,44-,45+,46+,48+,53?/m1/s1. The number of unbranched alkanes of at least 4 members (excludes halogenated alkanes) is 4. The maximum Gasteiger partial charge on any atom is 0.407 e. The summed E-state index contributed by atoms with van der Waals surface area (Å²) in [6.07, 6.45) is 0.228. The molecule has 8 atom stereocenters. The van der Waals surface area contributed by atoms with Crippen LogP contribution in [0.5, 0.6) is 5.75 Å². The topological polar surface area (TPSA) is 342 Å². The van der Waals surface area contributed by atoms with Gasteiger partial charge >= 0.3 is 18.1 Å². The van der Waals surface area contributed by atoms with E-state index in [-0.39, 0.29) is 44.4 Å². The van der Waals surface area contributed by atoms with E-state index in [9.17, 15) is 58.8 Å². The second kappa shape index (κ2) is 31.1. The first-order chi connectivity index (χ1) is 38.1. The number of benzene rings is 3. The predicted octanol–water partition coefficient (Wildman–Crippen LogP) is 2.76. The van der Waals surface area contributed by atoms with Crippen molar-refractivity contribution >= 4 is 58.5 Å². The lowest BCUT2D eigenvalue weighted by Gasteiger charge is -2.35. The van der Waals surface area contributed by atoms with Crippen molar-refractivity contribution in [2.45, 2.75) is 159 Å². The van der Waals surface area contributed by atoms with Crippen LogP contribution in [0.3, 0.4) is 0 Å². The number of carboxylic acids is 1. The summed E-state index contributed by atoms with van der Waals surface area (Å²) in [5.41, 5.74) is 1.86. The van der Waals surface area contributed by atoms with Gasteiger partial charge in [0.2, 0.25) is 29.5 Å². The maximum atomic E-state index is 14.8. The molecule has 8 amide bonds. The fourth-order valence-corrected chi connectivity index (χ4v) is 9.20. The molecule has 3 aromatic carbocycles. The quantitative estimate of drug-likeness (QED) is 0.0504. The normalized spacial score (nSPS) is 21.2. The first-order valence-corrected chi connectivity index (χ1v) is 27.3. The van der Waals surface area contributed by atoms with Crippen molar-refractivity contribution in [2.24, 2.45) is 0 Å². The number of aromatic hydroxyl groups is 1. The average Bonchev–Trinajstić information content (AvgIpc) is 3.83. The number of alkyl carbamates (subject to hydrolysis) is 1. The molecule has 0 saturated carbocycles. The number of carbonyl (C=O) groups is 8. The van der Waals surface area contributed by atoms with E-state index in [4.69, 9.17) is 4.74 Å². The maximum absolute atomic E-state index is 14.8. The molecule has 1 aromatic heterocycles. The third kappa shape index (κ3) is 20.8. The number of aliphatic hydroxyl groups excluding tert-OH is 2. The van der Waals surface area contributed by atoms with Gasteiger partial charge in [-0.3, -0.25) is 34.1 Å². The van der Waals surface area contributed by atoms with Crippen molar-refractivity contribution in [1.82, 2.24) is 52.4 Å². The van der Waals surface area contributed by atoms with Gasteiger partial charge < -0.3 is 72.3 Å². The Bertz CT molecular complexity index is 2680. The number of ether oxygens (including phenoxy) is 1. The van der Waals surface area contributed by atoms with Crippen LogP contribution in [0.15, 0.2) is 85.1 Å². The minimum absolute atomic E-state index is 0.0232. The number of phenolic OH excluding ortho intramolecular Hbond substituents is 1. The van der Waals surface area contributed by atoms with E-state index in [1.807, 2.05) is 18.2 Å². The van der Waals surface area contributed by atoms with Crippen LogP contribution in [-0.4, -0.2) is 159 Å². The number of aliphatic carboxylic acids is 1. The van der Waals surface area contributed by atoms with Crippen LogP contribution >= 0.6 is 0 Å². The van der Waals surface area contributed by atoms with Gasteiger partial charge in [-0.2, -0.15) is 0 Å². The molecular formula is C57H80N10O13. The van der Waals surface area contributed by atoms with E-state index in [1.54, 1.807) is 63.4 Å². The molecule has 1 aliphatic rings. The third-order valence-electron chi connectivity index (χ3n) is 13.5. The van der Waals surface area contributed by atoms with Gasteiger partial charge in [-0.25, -0.2) is 9.59 Å². The molecule has 23 heteroatoms. The molecule has 0 aliphatic carbocycles. The number of hydrogen-bond acceptors (Lipinski definition) is 13. The number of carboxylic acid groups (broad SMARTS) is 1. The minimum atomic E-state index is -1.83. The zero-order valence-corrected chi connectivity index (χ0v) is 46.2. The van der Waals surface area contributed by atoms with E-state index < -0.39 is 115 Å². The number of aliphatic hydroxyl groups is 2. The van der Waals surface area contributed by atoms with Gasteiger partial charge in [0.1, 0.15) is 41.7 Å². The molecule has 0 spiro atoms. The summed E-state index contributed by atoms with van der Waals surface area (Å²) in [7, 11) is 1.29. The number of amides is 8. The summed E-state index contributed by atoms with van der Waals surface area (Å²) in [6.45, 7) is 7.76. The van der Waals surface area contributed by atoms with Crippen LogP contribution in [-0.2, 0) is 52.8 Å². The summed E-state index contributed by atoms with van der Waals surface area (Å²) < 4.78 is 5.24. The van der Waals surface area contributed by atoms with E-state index in [1.165, 1.54) is 38.2 Å². The minimum Gasteiger partial charge on any atom is -0.508 e. The van der Waals surface area contributed by atoms with E-state index in [0.29, 0.717) is 42.6 Å². The Hall–Kier alpha value is -7.76. The van der Waals surface area contributed by atoms with Crippen molar-refractivity contribution < 1.29 is 63.5 Å². The Balaban J connectivity index is 1.42. The number of rotatable bonds is 22. The Morgan fingerprint density at radius 2 is 1.21 bits per heavy atom. The third-order valence-corrected chi connectivity index (χ3v) is 13.5. The molecule has 13 N–H and O–H groups in total. The number of fused-ring (bicyclic) bond motifs is 1. The van der Waals surface area contributed by atoms with Crippen LogP contribution in [0, 0.1) is 0 Å². The zero-order valence-electron chi connectivity index (χ0n) is 46.2. The Morgan fingerprint density at radius 3 is 1.85 bits per heavy atom. The Kier molecular flexibility index (Phi) is 24.6. The number of likely N-dealkylation sites (N-methyl/N-ethyl adjacent to an activating group) is 1. The van der Waals surface area contributed by atoms with Crippen molar-refractivity contribution in [3.63, 3.8) is 0 Å². The Morgan fingerprint density at radius 1 is 0.662 bits per heavy atom. The molecule has 4 aromatic rings. The molecule has 0 bridgehead atoms. The highest BCUT2D eigenvalue weighted by atomic mass is 16.6. The number of para-hydroxylation sites is 1. The van der Waals surface area contributed by atoms with Gasteiger partial charge in [0.15, 0.2) is 0 Å². The van der Waals surface area contributed by atoms with E-state index in [0.717, 1.165) is 35.1 Å². The molecule has 23 nitrogen and oxygen atoms in total. The molecule has 1 aliphatic heterocycles. The van der Waals surface area contributed by atoms with E-state index >= 15 is 0 Å². The van der Waals surface area contributed by atoms with Crippen molar-refractivity contribution in [3.8, 4) is 5.75 Å². The van der Waals surface area contributed by atoms with Gasteiger partial charge in [-0.1, -0.05) is 73.5 Å². The summed E-state index contributed by atoms with van der Waals surface area (Å²) in [6, 6.07) is 12.8. The lowest BCUT2D eigenvalue weighted by Crippen LogP contribution is -2.64. The number of nitrogens with one attached hydrogen (secondary N) is 9. The van der Waals surface area contributed by atoms with Gasteiger partial charge in [-0.05, 0) is 108 Å². The summed E-state index contributed by atoms with van der Waals surface area (Å²) in [4.78, 5) is 114. The molecule has 2 heterocycles. The number of aromatic nitrogens is 1. The van der Waals surface area contributed by atoms with Crippen molar-refractivity contribution in [1.29, 1.82) is 0 Å². The first kappa shape index (κ1) is 63.1. The average molecular weight is 1110 g/mol. The van der Waals surface area contributed by atoms with Crippen LogP contribution in [0.2, 0.25) is 0 Å². The highest BCUT2D eigenvalue weighted by Gasteiger charge is 2.39. The number of aromatic amines is 1. The molecule has 0 radical (unpaired) electrons. The van der Waals surface area contributed by atoms with Gasteiger partial charge in [0.25, 0.3) is 0 Å². The monoisotopic (exact) mass is 1110 g/mol. The highest BCUT2D eigenvalue weighted by Crippen LogP contribution is 2.21. The number of nitrogens with zero attached hydrogens (tertiary/aromatic N) is 1. The number of phenols is 1. The van der Waals surface area contributed by atoms with Crippen molar-refractivity contribution in [3.05, 3.63) is 102 Å². The molecule has 5 rings (SSSR count). The molecular weight excluding hydrogens is 1030 g/mol. The van der Waals surface area contributed by atoms with Gasteiger partial charge in [0.05, 0.1) is 18.2 Å². The van der Waals surface area contributed by atoms with Gasteiger partial charge in [-0.15, -0.1) is 0 Å². The van der Waals surface area contributed by atoms with Crippen LogP contribution in [0.1, 0.15) is 102 Å². The number of carbonyl (C=O) groups excluding carboxylic acids is 7. The fourth-order valence-electron chi connectivity index (χ4n) is 9.20. The number of urea groups is 1. The summed E-state index contributed by atoms with van der Waals surface area (Å²) in [5, 5.41) is 65.8. The SMILES string of the molecule is C[C@@H](O)[C@@H]1NC(=O)[C@H](CCCCNC(=O)NCCCCCCNC(=O)OC(C)(C)C)NC(=O)[C@@H](Cc2c[nH]c3ccccc23)NC(=O)[C@H](Cc2ccc(O)cc2)NC(=O)[C@H](CCC(=O)O)N(C)C(=O)[C@H](Cc2ccccc2)NC1O. The smallest absolute Gasteiger partial charge is 0.407 e. The van der Waals surface area contributed by atoms with Crippen molar-refractivity contribution in [2.75, 3.05) is 26.7 Å². The van der Waals surface area contributed by atoms with Crippen LogP contribution < -0.4 is 42.5 Å². The second-order valence-corrected chi connectivity index (χ2v) is 21.2. The molecule has 436 valence electrons. The van der Waals surface area contributed by atoms with Crippen LogP contribution in [0.4, 0.5) is 9.59 Å². The zero-order chi connectivity index (χ0) is 58.4. The molecule has 1 saturated heterocycles. The lowest BCUT2D eigenvalue weighted by atomic mass is 9.99. The largest absolute Gasteiger partial charge is 0.508 e. The summed E-state index contributed by atoms with van der Waals surface area (Å²) in [5.74, 6) is -5.51. The van der Waals surface area contributed by atoms with Gasteiger partial charge in [0, 0.05) is 63.0 Å². The predicted molar refractivity (Wildman–Crippen MR) is 298 cm³/mol. The number of hydrogen-bond donors (Lipinski definition) is 13. The first-order valence-electron chi connectivity index (χ1n) is 27.3. The second-order valence-electron chi connectivity index (χ2n) is 21.2. The summed E-state index contributed by atoms with van der Waals surface area (Å²) >= 11 is 0. The lowest BCUT2D eigenvalue weighted by molar-refractivity contribution is -0.144. The highest BCUT2D eigenvalue weighted by molar-refractivity contribution is 5.97. The number of H-pyrrole nitrogens is 1. The molecule has 1 fully saturated rings. The molecule has 1 unspecified atom stereocenters. The van der Waals surface area contributed by atoms with Crippen LogP contribution in [0.25, 0.3) is 10.9 Å².